The second-order valence-corrected chi connectivity index (χ2v) is 4.73. The van der Waals surface area contributed by atoms with Gasteiger partial charge in [-0.2, -0.15) is 0 Å². The van der Waals surface area contributed by atoms with Gasteiger partial charge in [-0.1, -0.05) is 29.8 Å². The highest BCUT2D eigenvalue weighted by molar-refractivity contribution is 6.31. The molecule has 0 atom stereocenters. The van der Waals surface area contributed by atoms with Crippen LogP contribution in [-0.2, 0) is 22.7 Å². The number of benzene rings is 1. The minimum Gasteiger partial charge on any atom is -0.392 e. The van der Waals surface area contributed by atoms with Crippen molar-refractivity contribution < 1.29 is 14.6 Å². The Bertz CT molecular complexity index is 619. The van der Waals surface area contributed by atoms with Gasteiger partial charge in [0.2, 0.25) is 5.91 Å². The molecule has 6 heteroatoms. The maximum absolute atomic E-state index is 11.8. The molecule has 0 unspecified atom stereocenters. The van der Waals surface area contributed by atoms with E-state index in [0.717, 1.165) is 5.56 Å². The summed E-state index contributed by atoms with van der Waals surface area (Å²) in [5.41, 5.74) is 1.90. The van der Waals surface area contributed by atoms with Crippen LogP contribution >= 0.6 is 11.6 Å². The van der Waals surface area contributed by atoms with Crippen molar-refractivity contribution in [2.75, 3.05) is 11.9 Å². The minimum atomic E-state index is -0.315. The average molecular weight is 307 g/mol. The molecule has 0 spiro atoms. The number of hydrogen-bond donors (Lipinski definition) is 2. The van der Waals surface area contributed by atoms with Crippen molar-refractivity contribution in [3.63, 3.8) is 0 Å². The van der Waals surface area contributed by atoms with Gasteiger partial charge >= 0.3 is 0 Å². The van der Waals surface area contributed by atoms with E-state index in [1.54, 1.807) is 18.3 Å². The third-order valence-corrected chi connectivity index (χ3v) is 3.17. The number of aliphatic hydroxyl groups excluding tert-OH is 1. The Morgan fingerprint density at radius 1 is 1.29 bits per heavy atom. The number of pyridine rings is 1. The van der Waals surface area contributed by atoms with Gasteiger partial charge in [-0.3, -0.25) is 9.78 Å². The normalized spacial score (nSPS) is 10.4. The molecule has 0 radical (unpaired) electrons. The number of aliphatic hydroxyl groups is 1. The number of halogens is 1. The van der Waals surface area contributed by atoms with E-state index in [4.69, 9.17) is 21.4 Å². The zero-order valence-electron chi connectivity index (χ0n) is 11.3. The molecule has 0 fully saturated rings. The first-order valence-electron chi connectivity index (χ1n) is 6.35. The highest BCUT2D eigenvalue weighted by Gasteiger charge is 2.07. The molecule has 1 aromatic carbocycles. The summed E-state index contributed by atoms with van der Waals surface area (Å²) in [6.45, 7) is -0.0173. The fraction of sp³-hybridized carbons (Fsp3) is 0.200. The summed E-state index contributed by atoms with van der Waals surface area (Å²) in [5, 5.41) is 12.4. The molecule has 2 rings (SSSR count). The van der Waals surface area contributed by atoms with Gasteiger partial charge in [0.15, 0.2) is 0 Å². The Kier molecular flexibility index (Phi) is 5.68. The molecule has 0 aliphatic rings. The molecule has 2 N–H and O–H groups in total. The number of carbonyl (C=O) groups excluding carboxylic acids is 1. The van der Waals surface area contributed by atoms with E-state index >= 15 is 0 Å². The van der Waals surface area contributed by atoms with Crippen LogP contribution in [0.2, 0.25) is 5.02 Å². The average Bonchev–Trinajstić information content (AvgIpc) is 2.50. The Balaban J connectivity index is 1.84. The van der Waals surface area contributed by atoms with E-state index in [0.29, 0.717) is 16.3 Å². The first kappa shape index (κ1) is 15.4. The van der Waals surface area contributed by atoms with Crippen LogP contribution in [0.1, 0.15) is 11.1 Å². The van der Waals surface area contributed by atoms with Crippen LogP contribution in [0.5, 0.6) is 0 Å². The smallest absolute Gasteiger partial charge is 0.250 e. The molecule has 21 heavy (non-hydrogen) atoms. The summed E-state index contributed by atoms with van der Waals surface area (Å²) in [6, 6.07) is 8.93. The Hall–Kier alpha value is -1.95. The Labute approximate surface area is 127 Å². The number of hydrogen-bond acceptors (Lipinski definition) is 4. The van der Waals surface area contributed by atoms with Crippen molar-refractivity contribution >= 4 is 23.2 Å². The Morgan fingerprint density at radius 2 is 2.10 bits per heavy atom. The van der Waals surface area contributed by atoms with Crippen LogP contribution in [0.25, 0.3) is 0 Å². The predicted octanol–water partition coefficient (Wildman–Crippen LogP) is 2.38. The summed E-state index contributed by atoms with van der Waals surface area (Å²) < 4.78 is 5.33. The van der Waals surface area contributed by atoms with Gasteiger partial charge in [-0.25, -0.2) is 0 Å². The predicted molar refractivity (Wildman–Crippen MR) is 79.9 cm³/mol. The van der Waals surface area contributed by atoms with E-state index in [-0.39, 0.29) is 25.7 Å². The van der Waals surface area contributed by atoms with Crippen molar-refractivity contribution in [3.8, 4) is 0 Å². The summed E-state index contributed by atoms with van der Waals surface area (Å²) >= 11 is 5.99. The molecule has 0 saturated heterocycles. The largest absolute Gasteiger partial charge is 0.392 e. The van der Waals surface area contributed by atoms with E-state index in [1.165, 1.54) is 6.20 Å². The van der Waals surface area contributed by atoms with Gasteiger partial charge in [-0.15, -0.1) is 0 Å². The van der Waals surface area contributed by atoms with Gasteiger partial charge in [0.05, 0.1) is 25.1 Å². The number of amides is 1. The maximum atomic E-state index is 11.8. The van der Waals surface area contributed by atoms with Crippen molar-refractivity contribution in [3.05, 3.63) is 58.9 Å². The van der Waals surface area contributed by atoms with Crippen LogP contribution in [0.15, 0.2) is 42.7 Å². The van der Waals surface area contributed by atoms with Gasteiger partial charge < -0.3 is 15.2 Å². The molecule has 0 saturated carbocycles. The fourth-order valence-corrected chi connectivity index (χ4v) is 1.92. The zero-order chi connectivity index (χ0) is 15.1. The van der Waals surface area contributed by atoms with E-state index < -0.39 is 0 Å². The van der Waals surface area contributed by atoms with Crippen LogP contribution in [0.4, 0.5) is 5.69 Å². The molecular weight excluding hydrogens is 292 g/mol. The molecule has 2 aromatic rings. The van der Waals surface area contributed by atoms with E-state index in [2.05, 4.69) is 10.3 Å². The molecule has 0 aliphatic heterocycles. The number of carbonyl (C=O) groups is 1. The van der Waals surface area contributed by atoms with Crippen molar-refractivity contribution in [2.24, 2.45) is 0 Å². The number of anilines is 1. The molecule has 5 nitrogen and oxygen atoms in total. The maximum Gasteiger partial charge on any atom is 0.250 e. The molecule has 1 amide bonds. The standard InChI is InChI=1S/C15H15ClN2O3/c16-13-4-2-1-3-12(13)9-21-10-15(20)18-14-7-17-6-5-11(14)8-19/h1-7,19H,8-10H2,(H,18,20). The van der Waals surface area contributed by atoms with Crippen molar-refractivity contribution in [2.45, 2.75) is 13.2 Å². The molecular formula is C15H15ClN2O3. The van der Waals surface area contributed by atoms with Gasteiger partial charge in [0.1, 0.15) is 6.61 Å². The van der Waals surface area contributed by atoms with Gasteiger partial charge in [0, 0.05) is 16.8 Å². The SMILES string of the molecule is O=C(COCc1ccccc1Cl)Nc1cnccc1CO. The van der Waals surface area contributed by atoms with Crippen LogP contribution in [-0.4, -0.2) is 22.6 Å². The van der Waals surface area contributed by atoms with Crippen molar-refractivity contribution in [1.82, 2.24) is 4.98 Å². The Morgan fingerprint density at radius 3 is 2.86 bits per heavy atom. The number of ether oxygens (including phenoxy) is 1. The van der Waals surface area contributed by atoms with Crippen LogP contribution in [0.3, 0.4) is 0 Å². The van der Waals surface area contributed by atoms with Gasteiger partial charge in [-0.05, 0) is 17.7 Å². The summed E-state index contributed by atoms with van der Waals surface area (Å²) in [6.07, 6.45) is 3.03. The third kappa shape index (κ3) is 4.53. The number of aromatic nitrogens is 1. The topological polar surface area (TPSA) is 71.5 Å². The zero-order valence-corrected chi connectivity index (χ0v) is 12.0. The molecule has 1 aromatic heterocycles. The number of rotatable bonds is 6. The fourth-order valence-electron chi connectivity index (χ4n) is 1.73. The molecule has 0 aliphatic carbocycles. The number of nitrogens with zero attached hydrogens (tertiary/aromatic N) is 1. The van der Waals surface area contributed by atoms with E-state index in [9.17, 15) is 4.79 Å². The second kappa shape index (κ2) is 7.73. The van der Waals surface area contributed by atoms with Gasteiger partial charge in [0.25, 0.3) is 0 Å². The van der Waals surface area contributed by atoms with Crippen molar-refractivity contribution in [1.29, 1.82) is 0 Å². The minimum absolute atomic E-state index is 0.106. The quantitative estimate of drug-likeness (QED) is 0.859. The highest BCUT2D eigenvalue weighted by atomic mass is 35.5. The van der Waals surface area contributed by atoms with Crippen LogP contribution < -0.4 is 5.32 Å². The summed E-state index contributed by atoms with van der Waals surface area (Å²) in [5.74, 6) is -0.315. The first-order valence-corrected chi connectivity index (χ1v) is 6.73. The lowest BCUT2D eigenvalue weighted by Crippen LogP contribution is -2.19. The lowest BCUT2D eigenvalue weighted by Gasteiger charge is -2.09. The number of nitrogens with one attached hydrogen (secondary N) is 1. The molecule has 110 valence electrons. The summed E-state index contributed by atoms with van der Waals surface area (Å²) in [4.78, 5) is 15.7. The molecule has 0 bridgehead atoms. The highest BCUT2D eigenvalue weighted by Crippen LogP contribution is 2.16. The van der Waals surface area contributed by atoms with E-state index in [1.807, 2.05) is 18.2 Å². The summed E-state index contributed by atoms with van der Waals surface area (Å²) in [7, 11) is 0. The van der Waals surface area contributed by atoms with Crippen LogP contribution in [0, 0.1) is 0 Å². The lowest BCUT2D eigenvalue weighted by molar-refractivity contribution is -0.121. The molecule has 1 heterocycles. The first-order chi connectivity index (χ1) is 10.2. The third-order valence-electron chi connectivity index (χ3n) is 2.80. The lowest BCUT2D eigenvalue weighted by atomic mass is 10.2. The monoisotopic (exact) mass is 306 g/mol. The second-order valence-electron chi connectivity index (χ2n) is 4.32.